The van der Waals surface area contributed by atoms with E-state index in [0.29, 0.717) is 0 Å². The van der Waals surface area contributed by atoms with E-state index in [1.807, 2.05) is 0 Å². The van der Waals surface area contributed by atoms with Crippen molar-refractivity contribution in [1.29, 1.82) is 0 Å². The number of carbonyl (C=O) groups excluding carboxylic acids is 2. The normalized spacial score (nSPS) is 10.2. The van der Waals surface area contributed by atoms with E-state index in [1.54, 1.807) is 0 Å². The molecule has 0 aliphatic rings. The molecule has 0 aromatic heterocycles. The first-order valence-electron chi connectivity index (χ1n) is 6.94. The van der Waals surface area contributed by atoms with Crippen molar-refractivity contribution in [2.24, 2.45) is 0 Å². The molecule has 0 spiro atoms. The summed E-state index contributed by atoms with van der Waals surface area (Å²) in [5.74, 6) is -5.77. The van der Waals surface area contributed by atoms with Gasteiger partial charge >= 0.3 is 0 Å². The second-order valence-electron chi connectivity index (χ2n) is 4.82. The van der Waals surface area contributed by atoms with Crippen LogP contribution in [0, 0.1) is 23.3 Å². The van der Waals surface area contributed by atoms with Crippen molar-refractivity contribution in [1.82, 2.24) is 5.32 Å². The number of hydrogen-bond acceptors (Lipinski definition) is 3. The molecule has 0 aliphatic heterocycles. The van der Waals surface area contributed by atoms with Gasteiger partial charge in [-0.3, -0.25) is 9.59 Å². The number of hydrogen-bond donors (Lipinski definition) is 2. The topological polar surface area (TPSA) is 67.4 Å². The Kier molecular flexibility index (Phi) is 5.93. The van der Waals surface area contributed by atoms with Gasteiger partial charge in [0.1, 0.15) is 5.75 Å². The molecule has 25 heavy (non-hydrogen) atoms. The predicted molar refractivity (Wildman–Crippen MR) is 79.9 cm³/mol. The van der Waals surface area contributed by atoms with Crippen molar-refractivity contribution >= 4 is 17.5 Å². The Morgan fingerprint density at radius 2 is 1.48 bits per heavy atom. The van der Waals surface area contributed by atoms with Crippen LogP contribution in [0.25, 0.3) is 0 Å². The number of rotatable bonds is 6. The van der Waals surface area contributed by atoms with E-state index in [9.17, 15) is 27.2 Å². The molecule has 0 heterocycles. The molecule has 0 unspecified atom stereocenters. The summed E-state index contributed by atoms with van der Waals surface area (Å²) < 4.78 is 56.4. The first-order valence-corrected chi connectivity index (χ1v) is 6.94. The van der Waals surface area contributed by atoms with Gasteiger partial charge in [0.15, 0.2) is 29.9 Å². The summed E-state index contributed by atoms with van der Waals surface area (Å²) in [6, 6.07) is 5.56. The van der Waals surface area contributed by atoms with Crippen LogP contribution < -0.4 is 15.4 Å². The monoisotopic (exact) mass is 356 g/mol. The molecule has 2 amide bonds. The SMILES string of the molecule is O=C(COc1ccc(F)c(F)c1)NCC(=O)Nc1ccc(F)c(F)c1. The second kappa shape index (κ2) is 8.13. The van der Waals surface area contributed by atoms with Gasteiger partial charge < -0.3 is 15.4 Å². The maximum atomic E-state index is 13.0. The van der Waals surface area contributed by atoms with E-state index >= 15 is 0 Å². The molecule has 5 nitrogen and oxygen atoms in total. The van der Waals surface area contributed by atoms with Gasteiger partial charge in [-0.15, -0.1) is 0 Å². The first kappa shape index (κ1) is 18.2. The van der Waals surface area contributed by atoms with Crippen LogP contribution in [0.2, 0.25) is 0 Å². The van der Waals surface area contributed by atoms with Crippen molar-refractivity contribution in [3.63, 3.8) is 0 Å². The first-order chi connectivity index (χ1) is 11.8. The molecule has 0 atom stereocenters. The summed E-state index contributed by atoms with van der Waals surface area (Å²) in [6.45, 7) is -0.970. The molecule has 0 saturated carbocycles. The highest BCUT2D eigenvalue weighted by Gasteiger charge is 2.09. The van der Waals surface area contributed by atoms with Crippen LogP contribution in [-0.4, -0.2) is 25.0 Å². The van der Waals surface area contributed by atoms with Crippen LogP contribution in [0.1, 0.15) is 0 Å². The van der Waals surface area contributed by atoms with Crippen molar-refractivity contribution in [2.75, 3.05) is 18.5 Å². The van der Waals surface area contributed by atoms with Crippen LogP contribution in [0.4, 0.5) is 23.2 Å². The molecule has 0 aliphatic carbocycles. The molecule has 2 N–H and O–H groups in total. The average molecular weight is 356 g/mol. The summed E-state index contributed by atoms with van der Waals surface area (Å²) in [4.78, 5) is 23.1. The third-order valence-corrected chi connectivity index (χ3v) is 2.91. The zero-order chi connectivity index (χ0) is 18.4. The Bertz CT molecular complexity index is 799. The Hall–Kier alpha value is -3.10. The van der Waals surface area contributed by atoms with Crippen LogP contribution in [0.15, 0.2) is 36.4 Å². The summed E-state index contributed by atoms with van der Waals surface area (Å²) in [6.07, 6.45) is 0. The van der Waals surface area contributed by atoms with Gasteiger partial charge in [-0.1, -0.05) is 0 Å². The molecule has 0 radical (unpaired) electrons. The van der Waals surface area contributed by atoms with Crippen molar-refractivity contribution < 1.29 is 31.9 Å². The summed E-state index contributed by atoms with van der Waals surface area (Å²) in [5.41, 5.74) is 0.0242. The van der Waals surface area contributed by atoms with Gasteiger partial charge in [0.05, 0.1) is 6.54 Å². The molecule has 2 aromatic carbocycles. The quantitative estimate of drug-likeness (QED) is 0.781. The Morgan fingerprint density at radius 1 is 0.840 bits per heavy atom. The lowest BCUT2D eigenvalue weighted by Gasteiger charge is -2.09. The molecular formula is C16H12F4N2O3. The number of carbonyl (C=O) groups is 2. The highest BCUT2D eigenvalue weighted by Crippen LogP contribution is 2.15. The van der Waals surface area contributed by atoms with Crippen molar-refractivity contribution in [3.05, 3.63) is 59.7 Å². The number of anilines is 1. The molecule has 0 saturated heterocycles. The van der Waals surface area contributed by atoms with Gasteiger partial charge in [0, 0.05) is 17.8 Å². The number of nitrogens with one attached hydrogen (secondary N) is 2. The summed E-state index contributed by atoms with van der Waals surface area (Å²) >= 11 is 0. The van der Waals surface area contributed by atoms with E-state index in [1.165, 1.54) is 0 Å². The maximum Gasteiger partial charge on any atom is 0.258 e. The highest BCUT2D eigenvalue weighted by molar-refractivity contribution is 5.94. The van der Waals surface area contributed by atoms with Crippen molar-refractivity contribution in [3.8, 4) is 5.75 Å². The van der Waals surface area contributed by atoms with Gasteiger partial charge in [-0.25, -0.2) is 17.6 Å². The van der Waals surface area contributed by atoms with E-state index < -0.39 is 48.2 Å². The highest BCUT2D eigenvalue weighted by atomic mass is 19.2. The summed E-state index contributed by atoms with van der Waals surface area (Å²) in [5, 5.41) is 4.47. The minimum Gasteiger partial charge on any atom is -0.484 e. The average Bonchev–Trinajstić information content (AvgIpc) is 2.57. The minimum atomic E-state index is -1.12. The van der Waals surface area contributed by atoms with Gasteiger partial charge in [0.2, 0.25) is 5.91 Å². The molecule has 2 rings (SSSR count). The molecule has 9 heteroatoms. The van der Waals surface area contributed by atoms with Crippen molar-refractivity contribution in [2.45, 2.75) is 0 Å². The third-order valence-electron chi connectivity index (χ3n) is 2.91. The van der Waals surface area contributed by atoms with E-state index in [2.05, 4.69) is 10.6 Å². The standard InChI is InChI=1S/C16H12F4N2O3/c17-11-3-1-9(5-13(11)19)22-15(23)7-21-16(24)8-25-10-2-4-12(18)14(20)6-10/h1-6H,7-8H2,(H,21,24)(H,22,23). The second-order valence-corrected chi connectivity index (χ2v) is 4.82. The molecule has 0 fully saturated rings. The van der Waals surface area contributed by atoms with Crippen LogP contribution in [-0.2, 0) is 9.59 Å². The Labute approximate surface area is 139 Å². The molecule has 132 valence electrons. The minimum absolute atomic E-state index is 0.0242. The fraction of sp³-hybridized carbons (Fsp3) is 0.125. The molecule has 2 aromatic rings. The summed E-state index contributed by atoms with van der Waals surface area (Å²) in [7, 11) is 0. The van der Waals surface area contributed by atoms with E-state index in [-0.39, 0.29) is 11.4 Å². The lowest BCUT2D eigenvalue weighted by atomic mass is 10.3. The van der Waals surface area contributed by atoms with Crippen LogP contribution in [0.5, 0.6) is 5.75 Å². The van der Waals surface area contributed by atoms with E-state index in [4.69, 9.17) is 4.74 Å². The number of ether oxygens (including phenoxy) is 1. The Balaban J connectivity index is 1.76. The zero-order valence-corrected chi connectivity index (χ0v) is 12.6. The number of amides is 2. The third kappa shape index (κ3) is 5.48. The fourth-order valence-electron chi connectivity index (χ4n) is 1.72. The van der Waals surface area contributed by atoms with Gasteiger partial charge in [-0.05, 0) is 24.3 Å². The lowest BCUT2D eigenvalue weighted by Crippen LogP contribution is -2.35. The zero-order valence-electron chi connectivity index (χ0n) is 12.6. The van der Waals surface area contributed by atoms with Gasteiger partial charge in [0.25, 0.3) is 5.91 Å². The van der Waals surface area contributed by atoms with Crippen LogP contribution >= 0.6 is 0 Å². The fourth-order valence-corrected chi connectivity index (χ4v) is 1.72. The smallest absolute Gasteiger partial charge is 0.258 e. The predicted octanol–water partition coefficient (Wildman–Crippen LogP) is 2.38. The number of halogens is 4. The largest absolute Gasteiger partial charge is 0.484 e. The molecular weight excluding hydrogens is 344 g/mol. The Morgan fingerprint density at radius 3 is 2.12 bits per heavy atom. The number of benzene rings is 2. The maximum absolute atomic E-state index is 13.0. The van der Waals surface area contributed by atoms with Crippen LogP contribution in [0.3, 0.4) is 0 Å². The van der Waals surface area contributed by atoms with Gasteiger partial charge in [-0.2, -0.15) is 0 Å². The molecule has 0 bridgehead atoms. The lowest BCUT2D eigenvalue weighted by molar-refractivity contribution is -0.125. The van der Waals surface area contributed by atoms with E-state index in [0.717, 1.165) is 36.4 Å².